The van der Waals surface area contributed by atoms with Crippen molar-refractivity contribution in [1.82, 2.24) is 0 Å². The zero-order chi connectivity index (χ0) is 19.9. The van der Waals surface area contributed by atoms with Crippen molar-refractivity contribution in [3.63, 3.8) is 0 Å². The topological polar surface area (TPSA) is 82.3 Å². The zero-order valence-electron chi connectivity index (χ0n) is 14.5. The number of anilines is 4. The minimum absolute atomic E-state index is 0.386. The van der Waals surface area contributed by atoms with Crippen LogP contribution in [-0.2, 0) is 0 Å². The molecule has 0 bridgehead atoms. The van der Waals surface area contributed by atoms with E-state index in [9.17, 15) is 9.59 Å². The number of carbonyl (C=O) groups is 2. The van der Waals surface area contributed by atoms with Crippen molar-refractivity contribution in [3.05, 3.63) is 82.8 Å². The molecule has 3 aromatic rings. The van der Waals surface area contributed by atoms with Crippen molar-refractivity contribution in [2.75, 3.05) is 21.3 Å². The number of carbonyl (C=O) groups excluding carboxylic acids is 2. The van der Waals surface area contributed by atoms with Crippen LogP contribution in [0.25, 0.3) is 0 Å². The van der Waals surface area contributed by atoms with Crippen molar-refractivity contribution in [3.8, 4) is 0 Å². The number of urea groups is 2. The van der Waals surface area contributed by atoms with E-state index in [1.165, 1.54) is 0 Å². The summed E-state index contributed by atoms with van der Waals surface area (Å²) in [5.74, 6) is 0. The number of amides is 4. The Balaban J connectivity index is 1.51. The van der Waals surface area contributed by atoms with E-state index in [1.807, 2.05) is 0 Å². The Hall–Kier alpha value is -3.22. The minimum atomic E-state index is -0.386. The van der Waals surface area contributed by atoms with Crippen LogP contribution >= 0.6 is 23.2 Å². The van der Waals surface area contributed by atoms with Gasteiger partial charge in [0.25, 0.3) is 0 Å². The first-order valence-electron chi connectivity index (χ1n) is 8.25. The molecule has 3 rings (SSSR count). The van der Waals surface area contributed by atoms with E-state index in [-0.39, 0.29) is 12.1 Å². The quantitative estimate of drug-likeness (QED) is 0.404. The molecular weight excluding hydrogens is 399 g/mol. The molecule has 0 heterocycles. The van der Waals surface area contributed by atoms with Crippen molar-refractivity contribution < 1.29 is 9.59 Å². The smallest absolute Gasteiger partial charge is 0.308 e. The summed E-state index contributed by atoms with van der Waals surface area (Å²) in [4.78, 5) is 24.0. The summed E-state index contributed by atoms with van der Waals surface area (Å²) in [6, 6.07) is 19.5. The number of hydrogen-bond acceptors (Lipinski definition) is 2. The molecule has 0 aliphatic carbocycles. The first-order chi connectivity index (χ1) is 13.5. The average molecular weight is 415 g/mol. The molecule has 0 saturated heterocycles. The lowest BCUT2D eigenvalue weighted by Crippen LogP contribution is -2.20. The number of rotatable bonds is 4. The van der Waals surface area contributed by atoms with Crippen LogP contribution in [0.2, 0.25) is 10.0 Å². The maximum Gasteiger partial charge on any atom is 0.323 e. The van der Waals surface area contributed by atoms with E-state index in [0.717, 1.165) is 0 Å². The molecule has 0 atom stereocenters. The molecule has 142 valence electrons. The van der Waals surface area contributed by atoms with Crippen LogP contribution in [0.5, 0.6) is 0 Å². The molecule has 4 amide bonds. The third-order valence-electron chi connectivity index (χ3n) is 3.60. The molecule has 0 fully saturated rings. The Morgan fingerprint density at radius 1 is 0.464 bits per heavy atom. The second kappa shape index (κ2) is 9.12. The highest BCUT2D eigenvalue weighted by Gasteiger charge is 2.05. The molecule has 0 spiro atoms. The molecule has 0 radical (unpaired) electrons. The Kier molecular flexibility index (Phi) is 6.37. The standard InChI is InChI=1S/C20H16Cl2N4O2/c21-13-1-5-15(6-2-13)23-19(27)25-17-9-11-18(12-10-17)26-20(28)24-16-7-3-14(22)4-8-16/h1-12H,(H2,23,25,27)(H2,24,26,28). The summed E-state index contributed by atoms with van der Waals surface area (Å²) in [7, 11) is 0. The van der Waals surface area contributed by atoms with Crippen LogP contribution in [-0.4, -0.2) is 12.1 Å². The van der Waals surface area contributed by atoms with Crippen LogP contribution in [0.3, 0.4) is 0 Å². The first kappa shape index (κ1) is 19.5. The zero-order valence-corrected chi connectivity index (χ0v) is 16.0. The van der Waals surface area contributed by atoms with Crippen molar-refractivity contribution in [2.24, 2.45) is 0 Å². The fourth-order valence-corrected chi connectivity index (χ4v) is 2.54. The third kappa shape index (κ3) is 5.90. The first-order valence-corrected chi connectivity index (χ1v) is 9.01. The Bertz CT molecular complexity index is 879. The molecule has 28 heavy (non-hydrogen) atoms. The maximum absolute atomic E-state index is 12.0. The van der Waals surface area contributed by atoms with E-state index in [1.54, 1.807) is 72.8 Å². The highest BCUT2D eigenvalue weighted by Crippen LogP contribution is 2.17. The summed E-state index contributed by atoms with van der Waals surface area (Å²) < 4.78 is 0. The largest absolute Gasteiger partial charge is 0.323 e. The lowest BCUT2D eigenvalue weighted by molar-refractivity contribution is 0.261. The summed E-state index contributed by atoms with van der Waals surface area (Å²) >= 11 is 11.6. The predicted octanol–water partition coefficient (Wildman–Crippen LogP) is 6.28. The normalized spacial score (nSPS) is 10.1. The molecule has 8 heteroatoms. The van der Waals surface area contributed by atoms with Gasteiger partial charge in [-0.3, -0.25) is 0 Å². The molecule has 0 aromatic heterocycles. The van der Waals surface area contributed by atoms with E-state index in [2.05, 4.69) is 21.3 Å². The van der Waals surface area contributed by atoms with E-state index in [0.29, 0.717) is 32.8 Å². The van der Waals surface area contributed by atoms with Crippen molar-refractivity contribution in [1.29, 1.82) is 0 Å². The van der Waals surface area contributed by atoms with Gasteiger partial charge < -0.3 is 21.3 Å². The predicted molar refractivity (Wildman–Crippen MR) is 115 cm³/mol. The van der Waals surface area contributed by atoms with Gasteiger partial charge >= 0.3 is 12.1 Å². The summed E-state index contributed by atoms with van der Waals surface area (Å²) in [6.45, 7) is 0. The summed E-state index contributed by atoms with van der Waals surface area (Å²) in [5.41, 5.74) is 2.41. The molecular formula is C20H16Cl2N4O2. The Labute approximate surface area is 171 Å². The van der Waals surface area contributed by atoms with Gasteiger partial charge in [-0.2, -0.15) is 0 Å². The molecule has 0 saturated carbocycles. The van der Waals surface area contributed by atoms with Crippen LogP contribution in [0.1, 0.15) is 0 Å². The van der Waals surface area contributed by atoms with E-state index < -0.39 is 0 Å². The van der Waals surface area contributed by atoms with Gasteiger partial charge in [0.15, 0.2) is 0 Å². The summed E-state index contributed by atoms with van der Waals surface area (Å²) in [5, 5.41) is 12.0. The van der Waals surface area contributed by atoms with Gasteiger partial charge in [-0.05, 0) is 72.8 Å². The van der Waals surface area contributed by atoms with Crippen LogP contribution in [0.15, 0.2) is 72.8 Å². The second-order valence-corrected chi connectivity index (χ2v) is 6.62. The minimum Gasteiger partial charge on any atom is -0.308 e. The number of nitrogens with one attached hydrogen (secondary N) is 4. The van der Waals surface area contributed by atoms with Crippen LogP contribution in [0, 0.1) is 0 Å². The highest BCUT2D eigenvalue weighted by atomic mass is 35.5. The van der Waals surface area contributed by atoms with Gasteiger partial charge in [0.2, 0.25) is 0 Å². The van der Waals surface area contributed by atoms with Crippen molar-refractivity contribution in [2.45, 2.75) is 0 Å². The third-order valence-corrected chi connectivity index (χ3v) is 4.11. The highest BCUT2D eigenvalue weighted by molar-refractivity contribution is 6.31. The van der Waals surface area contributed by atoms with Crippen LogP contribution in [0.4, 0.5) is 32.3 Å². The Morgan fingerprint density at radius 2 is 0.679 bits per heavy atom. The lowest BCUT2D eigenvalue weighted by atomic mass is 10.3. The average Bonchev–Trinajstić information content (AvgIpc) is 2.67. The van der Waals surface area contributed by atoms with Gasteiger partial charge in [-0.25, -0.2) is 9.59 Å². The Morgan fingerprint density at radius 3 is 0.929 bits per heavy atom. The molecule has 0 unspecified atom stereocenters. The molecule has 6 nitrogen and oxygen atoms in total. The maximum atomic E-state index is 12.0. The lowest BCUT2D eigenvalue weighted by Gasteiger charge is -2.10. The SMILES string of the molecule is O=C(Nc1ccc(Cl)cc1)Nc1ccc(NC(=O)Nc2ccc(Cl)cc2)cc1. The van der Waals surface area contributed by atoms with Crippen molar-refractivity contribution >= 4 is 58.0 Å². The fraction of sp³-hybridized carbons (Fsp3) is 0. The van der Waals surface area contributed by atoms with E-state index >= 15 is 0 Å². The molecule has 0 aliphatic heterocycles. The second-order valence-electron chi connectivity index (χ2n) is 5.75. The molecule has 0 aliphatic rings. The monoisotopic (exact) mass is 414 g/mol. The van der Waals surface area contributed by atoms with Crippen LogP contribution < -0.4 is 21.3 Å². The molecule has 3 aromatic carbocycles. The van der Waals surface area contributed by atoms with Gasteiger partial charge in [0.1, 0.15) is 0 Å². The number of hydrogen-bond donors (Lipinski definition) is 4. The summed E-state index contributed by atoms with van der Waals surface area (Å²) in [6.07, 6.45) is 0. The fourth-order valence-electron chi connectivity index (χ4n) is 2.29. The van der Waals surface area contributed by atoms with E-state index in [4.69, 9.17) is 23.2 Å². The van der Waals surface area contributed by atoms with Gasteiger partial charge in [-0.1, -0.05) is 23.2 Å². The van der Waals surface area contributed by atoms with Gasteiger partial charge in [0.05, 0.1) is 0 Å². The number of benzene rings is 3. The number of halogens is 2. The van der Waals surface area contributed by atoms with Gasteiger partial charge in [-0.15, -0.1) is 0 Å². The molecule has 4 N–H and O–H groups in total. The van der Waals surface area contributed by atoms with Gasteiger partial charge in [0, 0.05) is 32.8 Å².